The molecule has 0 bridgehead atoms. The third-order valence-corrected chi connectivity index (χ3v) is 4.91. The SMILES string of the molecule is CC(C)(C)OC(=O)NCC(=O)Nc1ccc(C#Cc2ccc(C(=O)N[C@@H](CNC(=O)OC(C)(C)C)C(=O)O)cc2)cc1. The molecule has 0 aliphatic rings. The maximum absolute atomic E-state index is 12.6. The van der Waals surface area contributed by atoms with Gasteiger partial charge in [-0.05, 0) is 90.1 Å². The Hall–Kier alpha value is -5.05. The van der Waals surface area contributed by atoms with Crippen molar-refractivity contribution in [1.82, 2.24) is 16.0 Å². The Morgan fingerprint density at radius 2 is 1.24 bits per heavy atom. The van der Waals surface area contributed by atoms with Crippen molar-refractivity contribution in [2.75, 3.05) is 18.4 Å². The number of alkyl carbamates (subject to hydrolysis) is 2. The highest BCUT2D eigenvalue weighted by molar-refractivity contribution is 5.97. The van der Waals surface area contributed by atoms with Crippen LogP contribution in [0.4, 0.5) is 15.3 Å². The molecule has 5 N–H and O–H groups in total. The highest BCUT2D eigenvalue weighted by Crippen LogP contribution is 2.10. The number of rotatable bonds is 8. The van der Waals surface area contributed by atoms with Crippen molar-refractivity contribution < 1.29 is 38.6 Å². The molecule has 4 amide bonds. The second-order valence-corrected chi connectivity index (χ2v) is 11.1. The van der Waals surface area contributed by atoms with Crippen molar-refractivity contribution in [1.29, 1.82) is 0 Å². The van der Waals surface area contributed by atoms with Crippen LogP contribution < -0.4 is 21.3 Å². The number of hydrogen-bond donors (Lipinski definition) is 5. The molecule has 0 unspecified atom stereocenters. The van der Waals surface area contributed by atoms with Crippen LogP contribution in [-0.4, -0.2) is 65.4 Å². The molecule has 0 spiro atoms. The fraction of sp³-hybridized carbons (Fsp3) is 0.367. The van der Waals surface area contributed by atoms with E-state index in [2.05, 4.69) is 33.1 Å². The molecule has 12 heteroatoms. The minimum Gasteiger partial charge on any atom is -0.480 e. The first-order valence-electron chi connectivity index (χ1n) is 13.0. The van der Waals surface area contributed by atoms with Crippen LogP contribution in [0.2, 0.25) is 0 Å². The van der Waals surface area contributed by atoms with Gasteiger partial charge < -0.3 is 35.8 Å². The van der Waals surface area contributed by atoms with Gasteiger partial charge in [0.2, 0.25) is 5.91 Å². The lowest BCUT2D eigenvalue weighted by atomic mass is 10.1. The Bertz CT molecular complexity index is 1350. The lowest BCUT2D eigenvalue weighted by Gasteiger charge is -2.21. The molecule has 0 fully saturated rings. The van der Waals surface area contributed by atoms with Gasteiger partial charge in [-0.1, -0.05) is 11.8 Å². The summed E-state index contributed by atoms with van der Waals surface area (Å²) in [5, 5.41) is 19.2. The zero-order valence-corrected chi connectivity index (χ0v) is 24.4. The van der Waals surface area contributed by atoms with E-state index in [-0.39, 0.29) is 18.7 Å². The third kappa shape index (κ3) is 12.9. The van der Waals surface area contributed by atoms with Crippen molar-refractivity contribution in [3.8, 4) is 11.8 Å². The second-order valence-electron chi connectivity index (χ2n) is 11.1. The van der Waals surface area contributed by atoms with Gasteiger partial charge in [0.25, 0.3) is 5.91 Å². The minimum absolute atomic E-state index is 0.213. The second kappa shape index (κ2) is 14.5. The molecule has 1 atom stereocenters. The summed E-state index contributed by atoms with van der Waals surface area (Å²) in [4.78, 5) is 59.6. The van der Waals surface area contributed by atoms with Gasteiger partial charge in [-0.25, -0.2) is 14.4 Å². The fourth-order valence-corrected chi connectivity index (χ4v) is 3.10. The van der Waals surface area contributed by atoms with Crippen LogP contribution in [0, 0.1) is 11.8 Å². The summed E-state index contributed by atoms with van der Waals surface area (Å²) in [5.74, 6) is 3.57. The van der Waals surface area contributed by atoms with Crippen LogP contribution in [0.1, 0.15) is 63.0 Å². The minimum atomic E-state index is -1.36. The predicted octanol–water partition coefficient (Wildman–Crippen LogP) is 3.26. The molecule has 0 saturated heterocycles. The molecule has 224 valence electrons. The number of carbonyl (C=O) groups is 5. The van der Waals surface area contributed by atoms with Gasteiger partial charge in [0, 0.05) is 22.4 Å². The number of aliphatic carboxylic acids is 1. The zero-order valence-electron chi connectivity index (χ0n) is 24.4. The average Bonchev–Trinajstić information content (AvgIpc) is 2.87. The number of anilines is 1. The average molecular weight is 581 g/mol. The van der Waals surface area contributed by atoms with Crippen molar-refractivity contribution in [2.45, 2.75) is 58.8 Å². The first kappa shape index (κ1) is 33.2. The molecule has 0 radical (unpaired) electrons. The van der Waals surface area contributed by atoms with Crippen LogP contribution >= 0.6 is 0 Å². The van der Waals surface area contributed by atoms with Gasteiger partial charge in [-0.15, -0.1) is 0 Å². The summed E-state index contributed by atoms with van der Waals surface area (Å²) < 4.78 is 10.2. The van der Waals surface area contributed by atoms with Gasteiger partial charge in [-0.2, -0.15) is 0 Å². The van der Waals surface area contributed by atoms with E-state index < -0.39 is 47.2 Å². The number of amides is 4. The zero-order chi connectivity index (χ0) is 31.5. The quantitative estimate of drug-likeness (QED) is 0.296. The third-order valence-electron chi connectivity index (χ3n) is 4.91. The first-order chi connectivity index (χ1) is 19.5. The van der Waals surface area contributed by atoms with E-state index >= 15 is 0 Å². The molecule has 0 aliphatic carbocycles. The van der Waals surface area contributed by atoms with Crippen molar-refractivity contribution >= 4 is 35.7 Å². The smallest absolute Gasteiger partial charge is 0.408 e. The van der Waals surface area contributed by atoms with Crippen LogP contribution in [-0.2, 0) is 19.1 Å². The predicted molar refractivity (Wildman–Crippen MR) is 155 cm³/mol. The molecule has 0 aliphatic heterocycles. The van der Waals surface area contributed by atoms with Gasteiger partial charge in [0.1, 0.15) is 23.8 Å². The number of carboxylic acid groups (broad SMARTS) is 1. The number of hydrogen-bond acceptors (Lipinski definition) is 7. The Kier molecular flexibility index (Phi) is 11.5. The molecule has 2 aromatic rings. The molecule has 0 saturated carbocycles. The molecule has 0 heterocycles. The monoisotopic (exact) mass is 580 g/mol. The van der Waals surface area contributed by atoms with E-state index in [0.717, 1.165) is 0 Å². The summed E-state index contributed by atoms with van der Waals surface area (Å²) in [6.45, 7) is 9.59. The van der Waals surface area contributed by atoms with E-state index in [1.807, 2.05) is 0 Å². The number of nitrogens with one attached hydrogen (secondary N) is 4. The standard InChI is InChI=1S/C30H36N4O8/c1-29(2,3)41-27(39)31-17-23(26(37)38)34-25(36)21-13-9-19(10-14-21)7-8-20-11-15-22(16-12-20)33-24(35)18-32-28(40)42-30(4,5)6/h9-16,23H,17-18H2,1-6H3,(H,31,39)(H,32,40)(H,33,35)(H,34,36)(H,37,38)/t23-/m0/s1. The summed E-state index contributed by atoms with van der Waals surface area (Å²) in [6, 6.07) is 11.6. The number of ether oxygens (including phenoxy) is 2. The summed E-state index contributed by atoms with van der Waals surface area (Å²) in [5.41, 5.74) is 0.602. The van der Waals surface area contributed by atoms with Crippen LogP contribution in [0.5, 0.6) is 0 Å². The first-order valence-corrected chi connectivity index (χ1v) is 13.0. The van der Waals surface area contributed by atoms with Crippen LogP contribution in [0.15, 0.2) is 48.5 Å². The Balaban J connectivity index is 1.90. The van der Waals surface area contributed by atoms with E-state index in [9.17, 15) is 29.1 Å². The molecule has 2 aromatic carbocycles. The lowest BCUT2D eigenvalue weighted by molar-refractivity contribution is -0.139. The van der Waals surface area contributed by atoms with E-state index in [1.165, 1.54) is 12.1 Å². The molecular weight excluding hydrogens is 544 g/mol. The van der Waals surface area contributed by atoms with Gasteiger partial charge in [0.05, 0.1) is 6.54 Å². The van der Waals surface area contributed by atoms with Crippen LogP contribution in [0.25, 0.3) is 0 Å². The highest BCUT2D eigenvalue weighted by atomic mass is 16.6. The number of carbonyl (C=O) groups excluding carboxylic acids is 4. The lowest BCUT2D eigenvalue weighted by Crippen LogP contribution is -2.49. The summed E-state index contributed by atoms with van der Waals surface area (Å²) in [6.07, 6.45) is -1.48. The molecule has 0 aromatic heterocycles. The molecular formula is C30H36N4O8. The van der Waals surface area contributed by atoms with E-state index in [4.69, 9.17) is 9.47 Å². The van der Waals surface area contributed by atoms with Crippen molar-refractivity contribution in [2.24, 2.45) is 0 Å². The van der Waals surface area contributed by atoms with Gasteiger partial charge in [-0.3, -0.25) is 9.59 Å². The largest absolute Gasteiger partial charge is 0.480 e. The normalized spacial score (nSPS) is 11.6. The summed E-state index contributed by atoms with van der Waals surface area (Å²) >= 11 is 0. The van der Waals surface area contributed by atoms with Gasteiger partial charge >= 0.3 is 18.2 Å². The Morgan fingerprint density at radius 3 is 1.71 bits per heavy atom. The fourth-order valence-electron chi connectivity index (χ4n) is 3.10. The van der Waals surface area contributed by atoms with E-state index in [0.29, 0.717) is 16.8 Å². The number of benzene rings is 2. The molecule has 12 nitrogen and oxygen atoms in total. The molecule has 2 rings (SSSR count). The maximum atomic E-state index is 12.6. The topological polar surface area (TPSA) is 172 Å². The highest BCUT2D eigenvalue weighted by Gasteiger charge is 2.23. The Morgan fingerprint density at radius 1 is 0.762 bits per heavy atom. The van der Waals surface area contributed by atoms with E-state index in [1.54, 1.807) is 77.9 Å². The van der Waals surface area contributed by atoms with Crippen molar-refractivity contribution in [3.05, 3.63) is 65.2 Å². The maximum Gasteiger partial charge on any atom is 0.408 e. The summed E-state index contributed by atoms with van der Waals surface area (Å²) in [7, 11) is 0. The number of carboxylic acids is 1. The van der Waals surface area contributed by atoms with Crippen molar-refractivity contribution in [3.63, 3.8) is 0 Å². The molecule has 42 heavy (non-hydrogen) atoms. The van der Waals surface area contributed by atoms with Gasteiger partial charge in [0.15, 0.2) is 0 Å². The van der Waals surface area contributed by atoms with Crippen LogP contribution in [0.3, 0.4) is 0 Å². The Labute approximate surface area is 244 Å².